The van der Waals surface area contributed by atoms with Gasteiger partial charge in [-0.15, -0.1) is 0 Å². The van der Waals surface area contributed by atoms with Crippen LogP contribution in [0.1, 0.15) is 13.3 Å². The van der Waals surface area contributed by atoms with Crippen LogP contribution in [0, 0.1) is 0 Å². The molecule has 7 heteroatoms. The first-order valence-electron chi connectivity index (χ1n) is 7.32. The predicted molar refractivity (Wildman–Crippen MR) is 78.4 cm³/mol. The van der Waals surface area contributed by atoms with Gasteiger partial charge >= 0.3 is 0 Å². The van der Waals surface area contributed by atoms with Gasteiger partial charge in [-0.05, 0) is 20.0 Å². The van der Waals surface area contributed by atoms with Crippen molar-refractivity contribution < 1.29 is 13.2 Å². The molecule has 2 rings (SSSR count). The van der Waals surface area contributed by atoms with E-state index in [9.17, 15) is 13.2 Å². The zero-order valence-electron chi connectivity index (χ0n) is 12.4. The molecule has 2 aliphatic rings. The standard InChI is InChI=1S/C13H25N3O3S/c1-3-15(12-4-9-20(18,19)11-12)10-13(17)16-7-5-14(2)6-8-16/h12H,3-11H2,1-2H3. The number of rotatable bonds is 4. The van der Waals surface area contributed by atoms with Crippen LogP contribution in [0.15, 0.2) is 0 Å². The summed E-state index contributed by atoms with van der Waals surface area (Å²) in [4.78, 5) is 18.4. The highest BCUT2D eigenvalue weighted by Gasteiger charge is 2.33. The highest BCUT2D eigenvalue weighted by atomic mass is 32.2. The number of sulfone groups is 1. The van der Waals surface area contributed by atoms with Crippen LogP contribution in [0.2, 0.25) is 0 Å². The number of nitrogens with zero attached hydrogens (tertiary/aromatic N) is 3. The van der Waals surface area contributed by atoms with Crippen molar-refractivity contribution in [2.75, 3.05) is 57.8 Å². The third kappa shape index (κ3) is 3.93. The topological polar surface area (TPSA) is 60.9 Å². The summed E-state index contributed by atoms with van der Waals surface area (Å²) in [5.74, 6) is 0.595. The third-order valence-corrected chi connectivity index (χ3v) is 6.08. The smallest absolute Gasteiger partial charge is 0.236 e. The molecule has 2 heterocycles. The lowest BCUT2D eigenvalue weighted by Gasteiger charge is -2.34. The molecule has 0 aliphatic carbocycles. The molecule has 2 fully saturated rings. The minimum absolute atomic E-state index is 0.0152. The van der Waals surface area contributed by atoms with Gasteiger partial charge in [-0.3, -0.25) is 9.69 Å². The van der Waals surface area contributed by atoms with Gasteiger partial charge in [0.25, 0.3) is 0 Å². The fourth-order valence-corrected chi connectivity index (χ4v) is 4.65. The molecular weight excluding hydrogens is 278 g/mol. The summed E-state index contributed by atoms with van der Waals surface area (Å²) in [7, 11) is -0.833. The molecule has 2 aliphatic heterocycles. The second-order valence-corrected chi connectivity index (χ2v) is 8.03. The Morgan fingerprint density at radius 3 is 2.40 bits per heavy atom. The van der Waals surface area contributed by atoms with E-state index >= 15 is 0 Å². The van der Waals surface area contributed by atoms with Crippen LogP contribution in [0.5, 0.6) is 0 Å². The first kappa shape index (κ1) is 15.7. The van der Waals surface area contributed by atoms with Crippen molar-refractivity contribution in [3.63, 3.8) is 0 Å². The summed E-state index contributed by atoms with van der Waals surface area (Å²) >= 11 is 0. The monoisotopic (exact) mass is 303 g/mol. The van der Waals surface area contributed by atoms with Crippen molar-refractivity contribution in [3.8, 4) is 0 Å². The number of carbonyl (C=O) groups is 1. The van der Waals surface area contributed by atoms with Gasteiger partial charge in [-0.25, -0.2) is 8.42 Å². The van der Waals surface area contributed by atoms with Crippen LogP contribution >= 0.6 is 0 Å². The Kier molecular flexibility index (Phi) is 5.04. The summed E-state index contributed by atoms with van der Waals surface area (Å²) in [6.45, 7) is 6.43. The predicted octanol–water partition coefficient (Wildman–Crippen LogP) is -0.731. The summed E-state index contributed by atoms with van der Waals surface area (Å²) in [6.07, 6.45) is 0.659. The molecule has 0 bridgehead atoms. The largest absolute Gasteiger partial charge is 0.339 e. The average molecular weight is 303 g/mol. The van der Waals surface area contributed by atoms with E-state index in [1.54, 1.807) is 0 Å². The van der Waals surface area contributed by atoms with Gasteiger partial charge in [0.05, 0.1) is 18.1 Å². The SMILES string of the molecule is CCN(CC(=O)N1CCN(C)CC1)C1CCS(=O)(=O)C1. The lowest BCUT2D eigenvalue weighted by Crippen LogP contribution is -2.51. The fourth-order valence-electron chi connectivity index (χ4n) is 2.89. The summed E-state index contributed by atoms with van der Waals surface area (Å²) < 4.78 is 23.1. The van der Waals surface area contributed by atoms with Crippen LogP contribution in [-0.2, 0) is 14.6 Å². The molecule has 2 saturated heterocycles. The third-order valence-electron chi connectivity index (χ3n) is 4.33. The Morgan fingerprint density at radius 1 is 1.25 bits per heavy atom. The van der Waals surface area contributed by atoms with E-state index in [0.29, 0.717) is 13.0 Å². The Morgan fingerprint density at radius 2 is 1.90 bits per heavy atom. The molecular formula is C13H25N3O3S. The van der Waals surface area contributed by atoms with Crippen molar-refractivity contribution >= 4 is 15.7 Å². The number of carbonyl (C=O) groups excluding carboxylic acids is 1. The molecule has 1 amide bonds. The molecule has 116 valence electrons. The number of hydrogen-bond acceptors (Lipinski definition) is 5. The van der Waals surface area contributed by atoms with E-state index in [1.165, 1.54) is 0 Å². The van der Waals surface area contributed by atoms with E-state index < -0.39 is 9.84 Å². The molecule has 6 nitrogen and oxygen atoms in total. The minimum atomic E-state index is -2.89. The number of amides is 1. The Balaban J connectivity index is 1.88. The molecule has 0 aromatic heterocycles. The first-order chi connectivity index (χ1) is 9.41. The van der Waals surface area contributed by atoms with E-state index in [0.717, 1.165) is 32.7 Å². The van der Waals surface area contributed by atoms with Crippen molar-refractivity contribution in [2.45, 2.75) is 19.4 Å². The Hall–Kier alpha value is -0.660. The highest BCUT2D eigenvalue weighted by Crippen LogP contribution is 2.17. The quantitative estimate of drug-likeness (QED) is 0.685. The number of hydrogen-bond donors (Lipinski definition) is 0. The fraction of sp³-hybridized carbons (Fsp3) is 0.923. The maximum absolute atomic E-state index is 12.3. The summed E-state index contributed by atoms with van der Waals surface area (Å²) in [5.41, 5.74) is 0. The second-order valence-electron chi connectivity index (χ2n) is 5.80. The van der Waals surface area contributed by atoms with E-state index in [4.69, 9.17) is 0 Å². The number of piperazine rings is 1. The summed E-state index contributed by atoms with van der Waals surface area (Å²) in [5, 5.41) is 0. The van der Waals surface area contributed by atoms with Gasteiger partial charge in [-0.1, -0.05) is 6.92 Å². The molecule has 0 spiro atoms. The van der Waals surface area contributed by atoms with Crippen molar-refractivity contribution in [1.29, 1.82) is 0 Å². The lowest BCUT2D eigenvalue weighted by molar-refractivity contribution is -0.134. The van der Waals surface area contributed by atoms with Gasteiger partial charge in [0.2, 0.25) is 5.91 Å². The Bertz CT molecular complexity index is 444. The van der Waals surface area contributed by atoms with Crippen molar-refractivity contribution in [1.82, 2.24) is 14.7 Å². The van der Waals surface area contributed by atoms with E-state index in [-0.39, 0.29) is 23.5 Å². The van der Waals surface area contributed by atoms with Gasteiger partial charge < -0.3 is 9.80 Å². The van der Waals surface area contributed by atoms with E-state index in [1.807, 2.05) is 16.7 Å². The normalized spacial score (nSPS) is 27.1. The first-order valence-corrected chi connectivity index (χ1v) is 9.14. The Labute approximate surface area is 121 Å². The van der Waals surface area contributed by atoms with E-state index in [2.05, 4.69) is 11.9 Å². The van der Waals surface area contributed by atoms with Gasteiger partial charge in [0.15, 0.2) is 9.84 Å². The maximum atomic E-state index is 12.3. The van der Waals surface area contributed by atoms with Crippen LogP contribution < -0.4 is 0 Å². The van der Waals surface area contributed by atoms with Gasteiger partial charge in [0, 0.05) is 32.2 Å². The molecule has 0 N–H and O–H groups in total. The van der Waals surface area contributed by atoms with Gasteiger partial charge in [0.1, 0.15) is 0 Å². The molecule has 0 aromatic rings. The molecule has 20 heavy (non-hydrogen) atoms. The molecule has 0 saturated carbocycles. The van der Waals surface area contributed by atoms with Crippen LogP contribution in [-0.4, -0.2) is 92.9 Å². The van der Waals surface area contributed by atoms with Crippen LogP contribution in [0.4, 0.5) is 0 Å². The molecule has 0 aromatic carbocycles. The average Bonchev–Trinajstić information content (AvgIpc) is 2.76. The second kappa shape index (κ2) is 6.41. The minimum Gasteiger partial charge on any atom is -0.339 e. The van der Waals surface area contributed by atoms with Gasteiger partial charge in [-0.2, -0.15) is 0 Å². The molecule has 1 atom stereocenters. The lowest BCUT2D eigenvalue weighted by atomic mass is 10.2. The molecule has 1 unspecified atom stereocenters. The zero-order valence-corrected chi connectivity index (χ0v) is 13.2. The summed E-state index contributed by atoms with van der Waals surface area (Å²) in [6, 6.07) is 0.0152. The van der Waals surface area contributed by atoms with Crippen LogP contribution in [0.25, 0.3) is 0 Å². The van der Waals surface area contributed by atoms with Crippen LogP contribution in [0.3, 0.4) is 0 Å². The van der Waals surface area contributed by atoms with Crippen molar-refractivity contribution in [3.05, 3.63) is 0 Å². The highest BCUT2D eigenvalue weighted by molar-refractivity contribution is 7.91. The van der Waals surface area contributed by atoms with Crippen molar-refractivity contribution in [2.24, 2.45) is 0 Å². The molecule has 0 radical (unpaired) electrons. The number of likely N-dealkylation sites (N-methyl/N-ethyl adjacent to an activating group) is 2. The maximum Gasteiger partial charge on any atom is 0.236 e. The zero-order chi connectivity index (χ0) is 14.8.